The standard InChI is InChI=1S/C23H35NO6/c1-4-5-7-13-20(26)30-17-23(2,3)21(27)22(28)24-15-10-14-19(25)29-16-18-11-8-6-9-12-18/h6,8-9,11-12,21,27H,4-5,7,10,13-17H2,1-3H3,(H,24,28). The molecule has 0 aromatic heterocycles. The lowest BCUT2D eigenvalue weighted by Crippen LogP contribution is -2.46. The topological polar surface area (TPSA) is 102 Å². The average molecular weight is 422 g/mol. The first-order chi connectivity index (χ1) is 14.3. The Balaban J connectivity index is 2.23. The second kappa shape index (κ2) is 13.7. The minimum Gasteiger partial charge on any atom is -0.465 e. The molecule has 0 saturated carbocycles. The number of benzene rings is 1. The molecule has 0 aliphatic carbocycles. The zero-order valence-corrected chi connectivity index (χ0v) is 18.3. The largest absolute Gasteiger partial charge is 0.465 e. The molecule has 0 aliphatic heterocycles. The van der Waals surface area contributed by atoms with Crippen molar-refractivity contribution in [2.45, 2.75) is 72.0 Å². The first kappa shape index (κ1) is 25.6. The predicted octanol–water partition coefficient (Wildman–Crippen LogP) is 3.14. The summed E-state index contributed by atoms with van der Waals surface area (Å²) in [7, 11) is 0. The van der Waals surface area contributed by atoms with Gasteiger partial charge in [0, 0.05) is 24.8 Å². The summed E-state index contributed by atoms with van der Waals surface area (Å²) in [4.78, 5) is 35.7. The van der Waals surface area contributed by atoms with Gasteiger partial charge in [-0.3, -0.25) is 14.4 Å². The second-order valence-electron chi connectivity index (χ2n) is 8.05. The summed E-state index contributed by atoms with van der Waals surface area (Å²) >= 11 is 0. The van der Waals surface area contributed by atoms with Crippen LogP contribution in [0.2, 0.25) is 0 Å². The molecule has 30 heavy (non-hydrogen) atoms. The van der Waals surface area contributed by atoms with Crippen molar-refractivity contribution in [3.63, 3.8) is 0 Å². The lowest BCUT2D eigenvalue weighted by Gasteiger charge is -2.29. The Hall–Kier alpha value is -2.41. The highest BCUT2D eigenvalue weighted by Gasteiger charge is 2.34. The number of hydrogen-bond donors (Lipinski definition) is 2. The van der Waals surface area contributed by atoms with E-state index in [9.17, 15) is 19.5 Å². The number of carbonyl (C=O) groups excluding carboxylic acids is 3. The van der Waals surface area contributed by atoms with Crippen LogP contribution in [0.1, 0.15) is 64.9 Å². The molecule has 2 N–H and O–H groups in total. The molecule has 7 heteroatoms. The van der Waals surface area contributed by atoms with Crippen LogP contribution in [0, 0.1) is 5.41 Å². The fraction of sp³-hybridized carbons (Fsp3) is 0.609. The second-order valence-corrected chi connectivity index (χ2v) is 8.05. The molecule has 1 aromatic carbocycles. The molecule has 168 valence electrons. The van der Waals surface area contributed by atoms with Gasteiger partial charge in [0.1, 0.15) is 12.7 Å². The third-order valence-electron chi connectivity index (χ3n) is 4.68. The van der Waals surface area contributed by atoms with Gasteiger partial charge in [0.25, 0.3) is 0 Å². The van der Waals surface area contributed by atoms with Crippen LogP contribution in [0.15, 0.2) is 30.3 Å². The van der Waals surface area contributed by atoms with Crippen molar-refractivity contribution in [2.24, 2.45) is 5.41 Å². The van der Waals surface area contributed by atoms with Crippen molar-refractivity contribution >= 4 is 17.8 Å². The van der Waals surface area contributed by atoms with Gasteiger partial charge in [-0.15, -0.1) is 0 Å². The zero-order chi connectivity index (χ0) is 22.4. The SMILES string of the molecule is CCCCCC(=O)OCC(C)(C)C(O)C(=O)NCCCC(=O)OCc1ccccc1. The molecular formula is C23H35NO6. The van der Waals surface area contributed by atoms with E-state index in [1.54, 1.807) is 13.8 Å². The van der Waals surface area contributed by atoms with Gasteiger partial charge < -0.3 is 19.9 Å². The first-order valence-electron chi connectivity index (χ1n) is 10.6. The summed E-state index contributed by atoms with van der Waals surface area (Å²) in [6.07, 6.45) is 2.33. The van der Waals surface area contributed by atoms with Crippen LogP contribution in [0.4, 0.5) is 0 Å². The molecule has 7 nitrogen and oxygen atoms in total. The zero-order valence-electron chi connectivity index (χ0n) is 18.3. The maximum atomic E-state index is 12.2. The van der Waals surface area contributed by atoms with Crippen molar-refractivity contribution in [1.82, 2.24) is 5.32 Å². The van der Waals surface area contributed by atoms with Gasteiger partial charge >= 0.3 is 11.9 Å². The number of unbranched alkanes of at least 4 members (excludes halogenated alkanes) is 2. The number of hydrogen-bond acceptors (Lipinski definition) is 6. The van der Waals surface area contributed by atoms with Crippen molar-refractivity contribution in [2.75, 3.05) is 13.2 Å². The first-order valence-corrected chi connectivity index (χ1v) is 10.6. The van der Waals surface area contributed by atoms with Gasteiger partial charge in [-0.25, -0.2) is 0 Å². The summed E-state index contributed by atoms with van der Waals surface area (Å²) < 4.78 is 10.4. The number of amides is 1. The minimum absolute atomic E-state index is 0.0433. The van der Waals surface area contributed by atoms with Crippen LogP contribution in [0.5, 0.6) is 0 Å². The van der Waals surface area contributed by atoms with E-state index in [4.69, 9.17) is 9.47 Å². The highest BCUT2D eigenvalue weighted by Crippen LogP contribution is 2.22. The van der Waals surface area contributed by atoms with E-state index in [1.165, 1.54) is 0 Å². The smallest absolute Gasteiger partial charge is 0.306 e. The normalized spacial score (nSPS) is 12.1. The molecule has 0 fully saturated rings. The van der Waals surface area contributed by atoms with Crippen molar-refractivity contribution < 1.29 is 29.0 Å². The molecule has 0 heterocycles. The van der Waals surface area contributed by atoms with Crippen LogP contribution in [0.3, 0.4) is 0 Å². The highest BCUT2D eigenvalue weighted by atomic mass is 16.5. The number of nitrogens with one attached hydrogen (secondary N) is 1. The Bertz CT molecular complexity index is 659. The molecule has 1 amide bonds. The Kier molecular flexibility index (Phi) is 11.7. The number of esters is 2. The summed E-state index contributed by atoms with van der Waals surface area (Å²) in [6, 6.07) is 9.39. The number of ether oxygens (including phenoxy) is 2. The van der Waals surface area contributed by atoms with E-state index in [1.807, 2.05) is 30.3 Å². The van der Waals surface area contributed by atoms with Gasteiger partial charge in [0.05, 0.1) is 6.61 Å². The van der Waals surface area contributed by atoms with E-state index in [0.29, 0.717) is 12.8 Å². The summed E-state index contributed by atoms with van der Waals surface area (Å²) in [5, 5.41) is 12.9. The molecule has 0 aliphatic rings. The van der Waals surface area contributed by atoms with Gasteiger partial charge in [-0.1, -0.05) is 63.9 Å². The third-order valence-corrected chi connectivity index (χ3v) is 4.68. The maximum Gasteiger partial charge on any atom is 0.306 e. The number of aliphatic hydroxyl groups is 1. The van der Waals surface area contributed by atoms with Crippen molar-refractivity contribution in [1.29, 1.82) is 0 Å². The monoisotopic (exact) mass is 421 g/mol. The van der Waals surface area contributed by atoms with Crippen LogP contribution < -0.4 is 5.32 Å². The third kappa shape index (κ3) is 10.4. The summed E-state index contributed by atoms with van der Waals surface area (Å²) in [5.74, 6) is -1.22. The Morgan fingerprint density at radius 1 is 1.00 bits per heavy atom. The highest BCUT2D eigenvalue weighted by molar-refractivity contribution is 5.81. The number of carbonyl (C=O) groups is 3. The maximum absolute atomic E-state index is 12.2. The van der Waals surface area contributed by atoms with E-state index in [-0.39, 0.29) is 38.1 Å². The van der Waals surface area contributed by atoms with Crippen LogP contribution in [0.25, 0.3) is 0 Å². The Morgan fingerprint density at radius 2 is 1.63 bits per heavy atom. The van der Waals surface area contributed by atoms with Gasteiger partial charge in [0.15, 0.2) is 0 Å². The number of aliphatic hydroxyl groups excluding tert-OH is 1. The van der Waals surface area contributed by atoms with E-state index < -0.39 is 17.4 Å². The van der Waals surface area contributed by atoms with Gasteiger partial charge in [0.2, 0.25) is 5.91 Å². The molecular weight excluding hydrogens is 386 g/mol. The van der Waals surface area contributed by atoms with E-state index in [2.05, 4.69) is 12.2 Å². The summed E-state index contributed by atoms with van der Waals surface area (Å²) in [6.45, 7) is 5.80. The Morgan fingerprint density at radius 3 is 2.30 bits per heavy atom. The molecule has 0 radical (unpaired) electrons. The Labute approximate surface area is 179 Å². The van der Waals surface area contributed by atoms with E-state index >= 15 is 0 Å². The van der Waals surface area contributed by atoms with Crippen LogP contribution in [-0.4, -0.2) is 42.2 Å². The number of rotatable bonds is 14. The average Bonchev–Trinajstić information content (AvgIpc) is 2.74. The molecule has 1 unspecified atom stereocenters. The minimum atomic E-state index is -1.33. The molecule has 0 bridgehead atoms. The predicted molar refractivity (Wildman–Crippen MR) is 113 cm³/mol. The lowest BCUT2D eigenvalue weighted by molar-refractivity contribution is -0.153. The molecule has 0 saturated heterocycles. The van der Waals surface area contributed by atoms with Gasteiger partial charge in [-0.2, -0.15) is 0 Å². The molecule has 1 rings (SSSR count). The van der Waals surface area contributed by atoms with E-state index in [0.717, 1.165) is 24.8 Å². The van der Waals surface area contributed by atoms with Crippen molar-refractivity contribution in [3.8, 4) is 0 Å². The molecule has 0 spiro atoms. The lowest BCUT2D eigenvalue weighted by atomic mass is 9.87. The van der Waals surface area contributed by atoms with Crippen LogP contribution >= 0.6 is 0 Å². The quantitative estimate of drug-likeness (QED) is 0.353. The fourth-order valence-electron chi connectivity index (χ4n) is 2.64. The fourth-order valence-corrected chi connectivity index (χ4v) is 2.64. The molecule has 1 atom stereocenters. The molecule has 1 aromatic rings. The van der Waals surface area contributed by atoms with Crippen LogP contribution in [-0.2, 0) is 30.5 Å². The summed E-state index contributed by atoms with van der Waals surface area (Å²) in [5.41, 5.74) is -0.00498. The van der Waals surface area contributed by atoms with Crippen molar-refractivity contribution in [3.05, 3.63) is 35.9 Å². The van der Waals surface area contributed by atoms with Gasteiger partial charge in [-0.05, 0) is 18.4 Å².